The number of carboxylic acids is 1. The number of hydrogen-bond acceptors (Lipinski definition) is 5. The molecular formula is C13H17N3O6. The molecule has 1 amide bonds. The van der Waals surface area contributed by atoms with Crippen LogP contribution in [0.3, 0.4) is 0 Å². The lowest BCUT2D eigenvalue weighted by molar-refractivity contribution is -0.144. The van der Waals surface area contributed by atoms with Gasteiger partial charge in [0.25, 0.3) is 0 Å². The van der Waals surface area contributed by atoms with E-state index in [2.05, 4.69) is 10.1 Å². The number of nitrogens with one attached hydrogen (secondary N) is 1. The number of rotatable bonds is 7. The number of hydrogen-bond donors (Lipinski definition) is 2. The summed E-state index contributed by atoms with van der Waals surface area (Å²) in [5, 5.41) is 11.5. The van der Waals surface area contributed by atoms with Crippen molar-refractivity contribution in [3.05, 3.63) is 5.53 Å². The van der Waals surface area contributed by atoms with Gasteiger partial charge in [0.05, 0.1) is 19.8 Å². The first-order valence-corrected chi connectivity index (χ1v) is 6.95. The molecule has 0 saturated carbocycles. The molecule has 0 radical (unpaired) electrons. The maximum Gasteiger partial charge on any atom is 0.326 e. The van der Waals surface area contributed by atoms with E-state index < -0.39 is 29.8 Å². The summed E-state index contributed by atoms with van der Waals surface area (Å²) < 4.78 is 10.7. The van der Waals surface area contributed by atoms with E-state index in [0.717, 1.165) is 0 Å². The van der Waals surface area contributed by atoms with Gasteiger partial charge in [-0.3, -0.25) is 9.59 Å². The normalized spacial score (nSPS) is 27.5. The van der Waals surface area contributed by atoms with Crippen LogP contribution in [0.15, 0.2) is 0 Å². The van der Waals surface area contributed by atoms with Gasteiger partial charge in [-0.2, -0.15) is 4.79 Å². The Balaban J connectivity index is 1.90. The van der Waals surface area contributed by atoms with E-state index >= 15 is 0 Å². The first-order chi connectivity index (χ1) is 10.5. The first kappa shape index (κ1) is 16.3. The van der Waals surface area contributed by atoms with Crippen LogP contribution in [0.2, 0.25) is 0 Å². The Bertz CT molecular complexity index is 516. The zero-order valence-electron chi connectivity index (χ0n) is 11.8. The number of amides is 1. The van der Waals surface area contributed by atoms with E-state index in [1.54, 1.807) is 0 Å². The smallest absolute Gasteiger partial charge is 0.326 e. The van der Waals surface area contributed by atoms with Crippen LogP contribution < -0.4 is 5.32 Å². The summed E-state index contributed by atoms with van der Waals surface area (Å²) in [6.07, 6.45) is -0.268. The second kappa shape index (κ2) is 7.26. The minimum absolute atomic E-state index is 0.0578. The van der Waals surface area contributed by atoms with Crippen LogP contribution in [0.5, 0.6) is 0 Å². The van der Waals surface area contributed by atoms with Crippen molar-refractivity contribution in [1.82, 2.24) is 5.32 Å². The van der Waals surface area contributed by atoms with Gasteiger partial charge in [0.2, 0.25) is 11.7 Å². The standard InChI is InChI=1S/C13H17N3O6/c14-15-3-8(17)1-2-10(13(19)20)16-12(18)11-9-6-21-4-7(9)5-22-11/h3,7,9-11H,1-2,4-6H2,(H,16,18)(H,19,20)/t7?,9?,10-,11-/m0/s1. The number of fused-ring (bicyclic) bond motifs is 1. The molecule has 0 aromatic heterocycles. The van der Waals surface area contributed by atoms with Crippen molar-refractivity contribution >= 4 is 23.9 Å². The average molecular weight is 311 g/mol. The number of nitrogens with zero attached hydrogens (tertiary/aromatic N) is 2. The maximum atomic E-state index is 12.2. The Hall–Kier alpha value is -2.09. The molecule has 0 aromatic carbocycles. The minimum atomic E-state index is -1.24. The number of aliphatic carboxylic acids is 1. The summed E-state index contributed by atoms with van der Waals surface area (Å²) in [5.74, 6) is -2.16. The van der Waals surface area contributed by atoms with E-state index in [1.165, 1.54) is 0 Å². The number of carbonyl (C=O) groups excluding carboxylic acids is 2. The SMILES string of the molecule is [N-]=[N+]=CC(=O)CC[C@H](NC(=O)[C@H]1OCC2COCC21)C(=O)O. The molecule has 2 fully saturated rings. The van der Waals surface area contributed by atoms with Gasteiger partial charge >= 0.3 is 12.2 Å². The van der Waals surface area contributed by atoms with Gasteiger partial charge in [-0.1, -0.05) is 0 Å². The fourth-order valence-electron chi connectivity index (χ4n) is 2.67. The largest absolute Gasteiger partial charge is 0.480 e. The molecule has 9 nitrogen and oxygen atoms in total. The molecule has 120 valence electrons. The molecule has 2 N–H and O–H groups in total. The van der Waals surface area contributed by atoms with Gasteiger partial charge in [-0.05, 0) is 6.42 Å². The van der Waals surface area contributed by atoms with Gasteiger partial charge in [-0.25, -0.2) is 4.79 Å². The van der Waals surface area contributed by atoms with Crippen molar-refractivity contribution in [1.29, 1.82) is 0 Å². The summed E-state index contributed by atoms with van der Waals surface area (Å²) >= 11 is 0. The molecule has 0 spiro atoms. The van der Waals surface area contributed by atoms with Crippen molar-refractivity contribution in [2.45, 2.75) is 25.0 Å². The molecule has 0 aliphatic carbocycles. The summed E-state index contributed by atoms with van der Waals surface area (Å²) in [5.41, 5.74) is 8.22. The predicted molar refractivity (Wildman–Crippen MR) is 71.0 cm³/mol. The molecular weight excluding hydrogens is 294 g/mol. The molecule has 0 aromatic rings. The Morgan fingerprint density at radius 2 is 2.14 bits per heavy atom. The monoisotopic (exact) mass is 311 g/mol. The zero-order chi connectivity index (χ0) is 16.1. The van der Waals surface area contributed by atoms with Crippen molar-refractivity contribution in [2.24, 2.45) is 11.8 Å². The van der Waals surface area contributed by atoms with E-state index in [0.29, 0.717) is 26.0 Å². The fraction of sp³-hybridized carbons (Fsp3) is 0.692. The first-order valence-electron chi connectivity index (χ1n) is 6.95. The van der Waals surface area contributed by atoms with Crippen LogP contribution in [0.25, 0.3) is 5.53 Å². The van der Waals surface area contributed by atoms with Crippen LogP contribution >= 0.6 is 0 Å². The average Bonchev–Trinajstić information content (AvgIpc) is 3.05. The Morgan fingerprint density at radius 1 is 1.36 bits per heavy atom. The second-order valence-corrected chi connectivity index (χ2v) is 5.36. The molecule has 9 heteroatoms. The van der Waals surface area contributed by atoms with E-state index in [4.69, 9.17) is 20.1 Å². The molecule has 2 heterocycles. The number of carbonyl (C=O) groups is 3. The lowest BCUT2D eigenvalue weighted by Crippen LogP contribution is -2.47. The molecule has 2 saturated heterocycles. The molecule has 4 atom stereocenters. The van der Waals surface area contributed by atoms with Crippen LogP contribution in [-0.2, 0) is 23.9 Å². The molecule has 0 bridgehead atoms. The number of carboxylic acid groups (broad SMARTS) is 1. The summed E-state index contributed by atoms with van der Waals surface area (Å²) in [6, 6.07) is -1.20. The van der Waals surface area contributed by atoms with Crippen molar-refractivity contribution in [2.75, 3.05) is 19.8 Å². The van der Waals surface area contributed by atoms with Gasteiger partial charge in [0.1, 0.15) is 12.1 Å². The highest BCUT2D eigenvalue weighted by molar-refractivity contribution is 6.25. The fourth-order valence-corrected chi connectivity index (χ4v) is 2.67. The highest BCUT2D eigenvalue weighted by Gasteiger charge is 2.45. The number of ether oxygens (including phenoxy) is 2. The van der Waals surface area contributed by atoms with Gasteiger partial charge < -0.3 is 25.4 Å². The maximum absolute atomic E-state index is 12.2. The number of Topliss-reactive ketones (excluding diaryl/α,β-unsaturated/α-hetero) is 1. The van der Waals surface area contributed by atoms with Crippen LogP contribution in [0.1, 0.15) is 12.8 Å². The molecule has 2 rings (SSSR count). The second-order valence-electron chi connectivity index (χ2n) is 5.36. The van der Waals surface area contributed by atoms with Crippen molar-refractivity contribution in [3.8, 4) is 0 Å². The Kier molecular flexibility index (Phi) is 5.37. The van der Waals surface area contributed by atoms with E-state index in [9.17, 15) is 14.4 Å². The van der Waals surface area contributed by atoms with E-state index in [-0.39, 0.29) is 24.7 Å². The lowest BCUT2D eigenvalue weighted by atomic mass is 9.94. The Labute approximate surface area is 126 Å². The molecule has 2 aliphatic rings. The lowest BCUT2D eigenvalue weighted by Gasteiger charge is -2.19. The van der Waals surface area contributed by atoms with Gasteiger partial charge in [0.15, 0.2) is 0 Å². The molecule has 22 heavy (non-hydrogen) atoms. The number of ketones is 1. The third-order valence-corrected chi connectivity index (χ3v) is 3.88. The van der Waals surface area contributed by atoms with E-state index in [1.807, 2.05) is 0 Å². The van der Waals surface area contributed by atoms with Gasteiger partial charge in [0, 0.05) is 18.3 Å². The topological polar surface area (TPSA) is 138 Å². The summed E-state index contributed by atoms with van der Waals surface area (Å²) in [7, 11) is 0. The minimum Gasteiger partial charge on any atom is -0.480 e. The predicted octanol–water partition coefficient (Wildman–Crippen LogP) is -1.13. The van der Waals surface area contributed by atoms with Crippen molar-refractivity contribution < 1.29 is 33.8 Å². The highest BCUT2D eigenvalue weighted by Crippen LogP contribution is 2.32. The Morgan fingerprint density at radius 3 is 2.82 bits per heavy atom. The third-order valence-electron chi connectivity index (χ3n) is 3.88. The zero-order valence-corrected chi connectivity index (χ0v) is 11.8. The molecule has 2 aliphatic heterocycles. The van der Waals surface area contributed by atoms with Crippen molar-refractivity contribution in [3.63, 3.8) is 0 Å². The quantitative estimate of drug-likeness (QED) is 0.346. The van der Waals surface area contributed by atoms with Crippen LogP contribution in [0.4, 0.5) is 0 Å². The van der Waals surface area contributed by atoms with Crippen LogP contribution in [0, 0.1) is 11.8 Å². The van der Waals surface area contributed by atoms with Crippen LogP contribution in [-0.4, -0.2) is 65.7 Å². The highest BCUT2D eigenvalue weighted by atomic mass is 16.5. The van der Waals surface area contributed by atoms with Gasteiger partial charge in [-0.15, -0.1) is 0 Å². The molecule has 2 unspecified atom stereocenters. The summed E-state index contributed by atoms with van der Waals surface area (Å²) in [6.45, 7) is 1.39. The third kappa shape index (κ3) is 3.76. The summed E-state index contributed by atoms with van der Waals surface area (Å²) in [4.78, 5) is 37.1.